The quantitative estimate of drug-likeness (QED) is 0.614. The summed E-state index contributed by atoms with van der Waals surface area (Å²) in [6, 6.07) is 5.80. The first-order chi connectivity index (χ1) is 8.39. The van der Waals surface area contributed by atoms with Crippen molar-refractivity contribution in [1.29, 1.82) is 0 Å². The van der Waals surface area contributed by atoms with Gasteiger partial charge in [0.25, 0.3) is 0 Å². The molecule has 5 heteroatoms. The Kier molecular flexibility index (Phi) is 6.08. The van der Waals surface area contributed by atoms with Crippen LogP contribution in [0.3, 0.4) is 0 Å². The highest BCUT2D eigenvalue weighted by Crippen LogP contribution is 2.30. The molecule has 0 aliphatic heterocycles. The van der Waals surface area contributed by atoms with Gasteiger partial charge < -0.3 is 4.74 Å². The van der Waals surface area contributed by atoms with Crippen molar-refractivity contribution >= 4 is 27.5 Å². The Balaban J connectivity index is 2.77. The lowest BCUT2D eigenvalue weighted by atomic mass is 9.95. The lowest BCUT2D eigenvalue weighted by Crippen LogP contribution is -2.31. The van der Waals surface area contributed by atoms with Crippen LogP contribution in [0.15, 0.2) is 22.7 Å². The minimum Gasteiger partial charge on any atom is -0.379 e. The molecule has 0 heterocycles. The number of hydrogen-bond acceptors (Lipinski definition) is 3. The van der Waals surface area contributed by atoms with Crippen molar-refractivity contribution in [2.75, 3.05) is 7.11 Å². The van der Waals surface area contributed by atoms with Crippen molar-refractivity contribution in [2.45, 2.75) is 38.3 Å². The molecule has 0 radical (unpaired) electrons. The lowest BCUT2D eigenvalue weighted by Gasteiger charge is -2.26. The number of ether oxygens (including phenoxy) is 1. The Morgan fingerprint density at radius 3 is 2.67 bits per heavy atom. The lowest BCUT2D eigenvalue weighted by molar-refractivity contribution is 0.0116. The van der Waals surface area contributed by atoms with E-state index in [0.29, 0.717) is 5.02 Å². The number of rotatable bonds is 6. The molecule has 1 aromatic carbocycles. The van der Waals surface area contributed by atoms with E-state index in [2.05, 4.69) is 35.2 Å². The second-order valence-corrected chi connectivity index (χ2v) is 6.18. The zero-order chi connectivity index (χ0) is 13.8. The maximum absolute atomic E-state index is 5.94. The average Bonchev–Trinajstić information content (AvgIpc) is 2.32. The normalized spacial score (nSPS) is 13.7. The van der Waals surface area contributed by atoms with Crippen LogP contribution in [0.4, 0.5) is 0 Å². The SMILES string of the molecule is COC(C)(C)CCC(NN)c1ccc(Cl)cc1Br. The van der Waals surface area contributed by atoms with Crippen LogP contribution >= 0.6 is 27.5 Å². The highest BCUT2D eigenvalue weighted by Gasteiger charge is 2.20. The number of hydrogen-bond donors (Lipinski definition) is 2. The molecule has 0 aromatic heterocycles. The summed E-state index contributed by atoms with van der Waals surface area (Å²) in [6.07, 6.45) is 1.80. The van der Waals surface area contributed by atoms with Gasteiger partial charge in [-0.2, -0.15) is 0 Å². The predicted octanol–water partition coefficient (Wildman–Crippen LogP) is 3.81. The molecule has 3 N–H and O–H groups in total. The average molecular weight is 336 g/mol. The fourth-order valence-electron chi connectivity index (χ4n) is 1.71. The van der Waals surface area contributed by atoms with Crippen molar-refractivity contribution in [2.24, 2.45) is 5.84 Å². The number of hydrazine groups is 1. The van der Waals surface area contributed by atoms with Crippen LogP contribution in [0.2, 0.25) is 5.02 Å². The molecular formula is C13H20BrClN2O. The monoisotopic (exact) mass is 334 g/mol. The molecule has 102 valence electrons. The standard InChI is InChI=1S/C13H20BrClN2O/c1-13(2,18-3)7-6-12(17-16)10-5-4-9(15)8-11(10)14/h4-5,8,12,17H,6-7,16H2,1-3H3. The summed E-state index contributed by atoms with van der Waals surface area (Å²) in [5.74, 6) is 5.64. The maximum Gasteiger partial charge on any atom is 0.0623 e. The van der Waals surface area contributed by atoms with Gasteiger partial charge >= 0.3 is 0 Å². The molecule has 0 aliphatic carbocycles. The number of nitrogens with one attached hydrogen (secondary N) is 1. The van der Waals surface area contributed by atoms with E-state index in [1.54, 1.807) is 7.11 Å². The van der Waals surface area contributed by atoms with E-state index < -0.39 is 0 Å². The Labute approximate surface area is 122 Å². The highest BCUT2D eigenvalue weighted by atomic mass is 79.9. The van der Waals surface area contributed by atoms with E-state index in [4.69, 9.17) is 22.2 Å². The van der Waals surface area contributed by atoms with E-state index >= 15 is 0 Å². The summed E-state index contributed by atoms with van der Waals surface area (Å²) in [6.45, 7) is 4.13. The van der Waals surface area contributed by atoms with E-state index in [-0.39, 0.29) is 11.6 Å². The molecule has 0 saturated carbocycles. The van der Waals surface area contributed by atoms with Gasteiger partial charge in [0.2, 0.25) is 0 Å². The third kappa shape index (κ3) is 4.52. The van der Waals surface area contributed by atoms with Crippen molar-refractivity contribution in [3.63, 3.8) is 0 Å². The third-order valence-electron chi connectivity index (χ3n) is 3.13. The van der Waals surface area contributed by atoms with Crippen LogP contribution in [0.5, 0.6) is 0 Å². The zero-order valence-corrected chi connectivity index (χ0v) is 13.3. The first-order valence-corrected chi connectivity index (χ1v) is 7.03. The van der Waals surface area contributed by atoms with Gasteiger partial charge in [0.1, 0.15) is 0 Å². The summed E-state index contributed by atoms with van der Waals surface area (Å²) in [7, 11) is 1.73. The second kappa shape index (κ2) is 6.87. The molecule has 0 saturated heterocycles. The predicted molar refractivity (Wildman–Crippen MR) is 79.5 cm³/mol. The summed E-state index contributed by atoms with van der Waals surface area (Å²) in [5.41, 5.74) is 3.81. The van der Waals surface area contributed by atoms with Crippen LogP contribution in [-0.2, 0) is 4.74 Å². The van der Waals surface area contributed by atoms with Crippen LogP contribution < -0.4 is 11.3 Å². The number of benzene rings is 1. The molecule has 0 aliphatic rings. The number of halogens is 2. The molecule has 0 bridgehead atoms. The van der Waals surface area contributed by atoms with Crippen molar-refractivity contribution in [1.82, 2.24) is 5.43 Å². The largest absolute Gasteiger partial charge is 0.379 e. The number of methoxy groups -OCH3 is 1. The summed E-state index contributed by atoms with van der Waals surface area (Å²) in [4.78, 5) is 0. The minimum absolute atomic E-state index is 0.0751. The topological polar surface area (TPSA) is 47.3 Å². The summed E-state index contributed by atoms with van der Waals surface area (Å²) >= 11 is 9.45. The highest BCUT2D eigenvalue weighted by molar-refractivity contribution is 9.10. The molecule has 1 rings (SSSR count). The van der Waals surface area contributed by atoms with Crippen LogP contribution in [0, 0.1) is 0 Å². The molecule has 0 fully saturated rings. The van der Waals surface area contributed by atoms with Gasteiger partial charge in [-0.1, -0.05) is 33.6 Å². The minimum atomic E-state index is -0.145. The van der Waals surface area contributed by atoms with E-state index in [0.717, 1.165) is 22.9 Å². The smallest absolute Gasteiger partial charge is 0.0623 e. The molecule has 0 amide bonds. The van der Waals surface area contributed by atoms with Crippen molar-refractivity contribution in [3.05, 3.63) is 33.3 Å². The van der Waals surface area contributed by atoms with Gasteiger partial charge in [-0.15, -0.1) is 0 Å². The molecule has 3 nitrogen and oxygen atoms in total. The van der Waals surface area contributed by atoms with Crippen LogP contribution in [0.1, 0.15) is 38.3 Å². The van der Waals surface area contributed by atoms with Crippen LogP contribution in [0.25, 0.3) is 0 Å². The Morgan fingerprint density at radius 2 is 2.17 bits per heavy atom. The summed E-state index contributed by atoms with van der Waals surface area (Å²) < 4.78 is 6.38. The van der Waals surface area contributed by atoms with Crippen molar-refractivity contribution < 1.29 is 4.74 Å². The fraction of sp³-hybridized carbons (Fsp3) is 0.538. The molecular weight excluding hydrogens is 316 g/mol. The molecule has 1 unspecified atom stereocenters. The zero-order valence-electron chi connectivity index (χ0n) is 11.0. The van der Waals surface area contributed by atoms with Crippen LogP contribution in [-0.4, -0.2) is 12.7 Å². The van der Waals surface area contributed by atoms with Gasteiger partial charge in [-0.05, 0) is 44.4 Å². The fourth-order valence-corrected chi connectivity index (χ4v) is 2.67. The number of nitrogens with two attached hydrogens (primary N) is 1. The first kappa shape index (κ1) is 15.9. The second-order valence-electron chi connectivity index (χ2n) is 4.89. The maximum atomic E-state index is 5.94. The summed E-state index contributed by atoms with van der Waals surface area (Å²) in [5, 5.41) is 0.707. The first-order valence-electron chi connectivity index (χ1n) is 5.86. The van der Waals surface area contributed by atoms with Gasteiger partial charge in [-0.3, -0.25) is 11.3 Å². The van der Waals surface area contributed by atoms with Gasteiger partial charge in [0.15, 0.2) is 0 Å². The third-order valence-corrected chi connectivity index (χ3v) is 4.05. The molecule has 0 spiro atoms. The Bertz CT molecular complexity index is 399. The molecule has 1 atom stereocenters. The molecule has 18 heavy (non-hydrogen) atoms. The van der Waals surface area contributed by atoms with E-state index in [9.17, 15) is 0 Å². The van der Waals surface area contributed by atoms with E-state index in [1.165, 1.54) is 0 Å². The van der Waals surface area contributed by atoms with E-state index in [1.807, 2.05) is 18.2 Å². The molecule has 1 aromatic rings. The van der Waals surface area contributed by atoms with Crippen molar-refractivity contribution in [3.8, 4) is 0 Å². The Morgan fingerprint density at radius 1 is 1.50 bits per heavy atom. The van der Waals surface area contributed by atoms with Gasteiger partial charge in [0.05, 0.1) is 5.60 Å². The van der Waals surface area contributed by atoms with Gasteiger partial charge in [0, 0.05) is 22.6 Å². The van der Waals surface area contributed by atoms with Gasteiger partial charge in [-0.25, -0.2) is 0 Å². The Hall–Kier alpha value is -0.130.